The average molecular weight is 267 g/mol. The number of nitrogens with zero attached hydrogens (tertiary/aromatic N) is 2. The molecule has 2 rings (SSSR count). The van der Waals surface area contributed by atoms with Crippen molar-refractivity contribution in [2.45, 2.75) is 6.54 Å². The van der Waals surface area contributed by atoms with Gasteiger partial charge in [-0.05, 0) is 17.7 Å². The molecule has 0 atom stereocenters. The summed E-state index contributed by atoms with van der Waals surface area (Å²) in [5.41, 5.74) is 0.988. The van der Waals surface area contributed by atoms with Gasteiger partial charge < -0.3 is 5.32 Å². The van der Waals surface area contributed by atoms with Crippen LogP contribution in [-0.2, 0) is 11.3 Å². The predicted molar refractivity (Wildman–Crippen MR) is 74.9 cm³/mol. The Morgan fingerprint density at radius 2 is 1.95 bits per heavy atom. The molecule has 0 spiro atoms. The van der Waals surface area contributed by atoms with Gasteiger partial charge in [-0.2, -0.15) is 5.26 Å². The molecule has 0 fully saturated rings. The van der Waals surface area contributed by atoms with Crippen molar-refractivity contribution in [2.75, 3.05) is 7.05 Å². The third kappa shape index (κ3) is 2.59. The second kappa shape index (κ2) is 5.85. The van der Waals surface area contributed by atoms with Gasteiger partial charge in [0, 0.05) is 7.05 Å². The van der Waals surface area contributed by atoms with E-state index in [0.717, 1.165) is 5.56 Å². The number of aromatic nitrogens is 1. The largest absolute Gasteiger partial charge is 0.358 e. The summed E-state index contributed by atoms with van der Waals surface area (Å²) in [4.78, 5) is 23.8. The fraction of sp³-hybridized carbons (Fsp3) is 0.133. The lowest BCUT2D eigenvalue weighted by Gasteiger charge is -2.12. The van der Waals surface area contributed by atoms with Crippen LogP contribution < -0.4 is 10.9 Å². The lowest BCUT2D eigenvalue weighted by atomic mass is 10.1. The lowest BCUT2D eigenvalue weighted by molar-refractivity contribution is -0.121. The average Bonchev–Trinajstić information content (AvgIpc) is 2.50. The monoisotopic (exact) mass is 267 g/mol. The third-order valence-electron chi connectivity index (χ3n) is 2.94. The molecule has 0 saturated carbocycles. The highest BCUT2D eigenvalue weighted by Gasteiger charge is 2.12. The summed E-state index contributed by atoms with van der Waals surface area (Å²) in [5, 5.41) is 11.4. The molecule has 100 valence electrons. The molecule has 1 amide bonds. The fourth-order valence-corrected chi connectivity index (χ4v) is 1.90. The first-order valence-corrected chi connectivity index (χ1v) is 6.07. The first-order chi connectivity index (χ1) is 9.67. The van der Waals surface area contributed by atoms with E-state index in [1.165, 1.54) is 17.7 Å². The van der Waals surface area contributed by atoms with Gasteiger partial charge in [-0.1, -0.05) is 30.3 Å². The van der Waals surface area contributed by atoms with E-state index in [-0.39, 0.29) is 18.0 Å². The smallest absolute Gasteiger partial charge is 0.269 e. The Hall–Kier alpha value is -2.87. The van der Waals surface area contributed by atoms with E-state index in [0.29, 0.717) is 5.69 Å². The van der Waals surface area contributed by atoms with E-state index in [1.54, 1.807) is 6.07 Å². The predicted octanol–water partition coefficient (Wildman–Crippen LogP) is 1.13. The van der Waals surface area contributed by atoms with Crippen molar-refractivity contribution in [3.63, 3.8) is 0 Å². The van der Waals surface area contributed by atoms with Gasteiger partial charge in [0.2, 0.25) is 5.91 Å². The molecule has 5 heteroatoms. The Balaban J connectivity index is 2.63. The molecule has 0 unspecified atom stereocenters. The minimum absolute atomic E-state index is 0.0218. The van der Waals surface area contributed by atoms with Crippen molar-refractivity contribution in [3.05, 3.63) is 58.4 Å². The molecule has 1 aromatic heterocycles. The highest BCUT2D eigenvalue weighted by molar-refractivity contribution is 5.76. The van der Waals surface area contributed by atoms with Crippen molar-refractivity contribution in [1.82, 2.24) is 9.88 Å². The zero-order valence-electron chi connectivity index (χ0n) is 11.0. The number of hydrogen-bond acceptors (Lipinski definition) is 3. The number of carbonyl (C=O) groups excluding carboxylic acids is 1. The molecule has 0 aliphatic rings. The highest BCUT2D eigenvalue weighted by Crippen LogP contribution is 2.17. The summed E-state index contributed by atoms with van der Waals surface area (Å²) >= 11 is 0. The summed E-state index contributed by atoms with van der Waals surface area (Å²) in [7, 11) is 1.50. The molecule has 1 N–H and O–H groups in total. The van der Waals surface area contributed by atoms with Gasteiger partial charge in [0.15, 0.2) is 0 Å². The van der Waals surface area contributed by atoms with Crippen LogP contribution >= 0.6 is 0 Å². The maximum atomic E-state index is 12.2. The van der Waals surface area contributed by atoms with Crippen LogP contribution in [0.1, 0.15) is 5.56 Å². The van der Waals surface area contributed by atoms with Crippen LogP contribution in [0.4, 0.5) is 0 Å². The van der Waals surface area contributed by atoms with Crippen LogP contribution in [0.3, 0.4) is 0 Å². The Morgan fingerprint density at radius 3 is 2.55 bits per heavy atom. The van der Waals surface area contributed by atoms with Crippen molar-refractivity contribution >= 4 is 5.91 Å². The quantitative estimate of drug-likeness (QED) is 0.906. The van der Waals surface area contributed by atoms with Crippen molar-refractivity contribution in [3.8, 4) is 17.3 Å². The van der Waals surface area contributed by atoms with Crippen LogP contribution in [0.2, 0.25) is 0 Å². The molecule has 20 heavy (non-hydrogen) atoms. The van der Waals surface area contributed by atoms with Crippen molar-refractivity contribution in [1.29, 1.82) is 5.26 Å². The summed E-state index contributed by atoms with van der Waals surface area (Å²) in [6.45, 7) is -0.116. The minimum Gasteiger partial charge on any atom is -0.358 e. The van der Waals surface area contributed by atoms with E-state index in [2.05, 4.69) is 5.32 Å². The number of nitriles is 1. The number of hydrogen-bond donors (Lipinski definition) is 1. The molecule has 1 aromatic carbocycles. The number of carbonyl (C=O) groups is 1. The van der Waals surface area contributed by atoms with E-state index in [1.807, 2.05) is 36.4 Å². The molecule has 0 bridgehead atoms. The fourth-order valence-electron chi connectivity index (χ4n) is 1.90. The molecular formula is C15H13N3O2. The number of pyridine rings is 1. The Labute approximate surface area is 116 Å². The van der Waals surface area contributed by atoms with Gasteiger partial charge in [-0.15, -0.1) is 0 Å². The van der Waals surface area contributed by atoms with E-state index >= 15 is 0 Å². The summed E-state index contributed by atoms with van der Waals surface area (Å²) in [5.74, 6) is -0.292. The van der Waals surface area contributed by atoms with Crippen molar-refractivity contribution in [2.24, 2.45) is 0 Å². The molecule has 0 aliphatic carbocycles. The highest BCUT2D eigenvalue weighted by atomic mass is 16.2. The van der Waals surface area contributed by atoms with Crippen molar-refractivity contribution < 1.29 is 4.79 Å². The standard InChI is InChI=1S/C15H13N3O2/c1-17-14(19)10-18-13(11-5-3-2-4-6-11)8-7-12(9-16)15(18)20/h2-8H,10H2,1H3,(H,17,19). The topological polar surface area (TPSA) is 74.9 Å². The molecule has 5 nitrogen and oxygen atoms in total. The molecule has 0 saturated heterocycles. The molecular weight excluding hydrogens is 254 g/mol. The zero-order chi connectivity index (χ0) is 14.5. The molecule has 0 radical (unpaired) electrons. The number of nitrogens with one attached hydrogen (secondary N) is 1. The van der Waals surface area contributed by atoms with Gasteiger partial charge in [0.05, 0.1) is 5.69 Å². The third-order valence-corrected chi connectivity index (χ3v) is 2.94. The van der Waals surface area contributed by atoms with Gasteiger partial charge in [0.25, 0.3) is 5.56 Å². The second-order valence-corrected chi connectivity index (χ2v) is 4.17. The minimum atomic E-state index is -0.461. The zero-order valence-corrected chi connectivity index (χ0v) is 11.0. The first kappa shape index (κ1) is 13.6. The molecule has 1 heterocycles. The Bertz CT molecular complexity index is 727. The summed E-state index contributed by atoms with van der Waals surface area (Å²) in [6.07, 6.45) is 0. The number of likely N-dealkylation sites (N-methyl/N-ethyl adjacent to an activating group) is 1. The van der Waals surface area contributed by atoms with Crippen LogP contribution in [0.25, 0.3) is 11.3 Å². The van der Waals surface area contributed by atoms with E-state index < -0.39 is 5.56 Å². The van der Waals surface area contributed by atoms with Gasteiger partial charge in [0.1, 0.15) is 18.2 Å². The van der Waals surface area contributed by atoms with Gasteiger partial charge in [-0.25, -0.2) is 0 Å². The van der Waals surface area contributed by atoms with Crippen LogP contribution in [0, 0.1) is 11.3 Å². The molecule has 0 aliphatic heterocycles. The second-order valence-electron chi connectivity index (χ2n) is 4.17. The SMILES string of the molecule is CNC(=O)Cn1c(-c2ccccc2)ccc(C#N)c1=O. The van der Waals surface area contributed by atoms with E-state index in [9.17, 15) is 9.59 Å². The van der Waals surface area contributed by atoms with Gasteiger partial charge >= 0.3 is 0 Å². The maximum absolute atomic E-state index is 12.2. The first-order valence-electron chi connectivity index (χ1n) is 6.07. The summed E-state index contributed by atoms with van der Waals surface area (Å²) in [6, 6.07) is 14.3. The van der Waals surface area contributed by atoms with Crippen LogP contribution in [-0.4, -0.2) is 17.5 Å². The van der Waals surface area contributed by atoms with Crippen LogP contribution in [0.15, 0.2) is 47.3 Å². The molecule has 2 aromatic rings. The number of benzene rings is 1. The lowest BCUT2D eigenvalue weighted by Crippen LogP contribution is -2.32. The number of rotatable bonds is 3. The normalized spacial score (nSPS) is 9.80. The Kier molecular flexibility index (Phi) is 3.96. The van der Waals surface area contributed by atoms with Gasteiger partial charge in [-0.3, -0.25) is 14.2 Å². The van der Waals surface area contributed by atoms with E-state index in [4.69, 9.17) is 5.26 Å². The Morgan fingerprint density at radius 1 is 1.25 bits per heavy atom. The number of amides is 1. The van der Waals surface area contributed by atoms with Crippen LogP contribution in [0.5, 0.6) is 0 Å². The summed E-state index contributed by atoms with van der Waals surface area (Å²) < 4.78 is 1.31. The maximum Gasteiger partial charge on any atom is 0.269 e.